The number of unbranched alkanes of at least 4 members (excludes halogenated alkanes) is 1. The van der Waals surface area contributed by atoms with Crippen LogP contribution in [0.2, 0.25) is 0 Å². The van der Waals surface area contributed by atoms with Gasteiger partial charge in [0, 0.05) is 23.5 Å². The van der Waals surface area contributed by atoms with E-state index >= 15 is 0 Å². The van der Waals surface area contributed by atoms with Crippen LogP contribution in [0.1, 0.15) is 98.5 Å². The Bertz CT molecular complexity index is 981. The zero-order valence-electron chi connectivity index (χ0n) is 20.2. The van der Waals surface area contributed by atoms with Crippen LogP contribution in [0, 0.1) is 5.92 Å². The Hall–Kier alpha value is -2.81. The Morgan fingerprint density at radius 3 is 2.22 bits per heavy atom. The van der Waals surface area contributed by atoms with E-state index in [1.54, 1.807) is 6.20 Å². The largest absolute Gasteiger partial charge is 0.486 e. The first-order valence-electron chi connectivity index (χ1n) is 12.0. The predicted octanol–water partition coefficient (Wildman–Crippen LogP) is 7.88. The van der Waals surface area contributed by atoms with Crippen molar-refractivity contribution in [3.63, 3.8) is 0 Å². The average Bonchev–Trinajstić information content (AvgIpc) is 3.27. The van der Waals surface area contributed by atoms with E-state index in [0.29, 0.717) is 17.4 Å². The van der Waals surface area contributed by atoms with Gasteiger partial charge in [-0.2, -0.15) is 0 Å². The molecule has 0 saturated heterocycles. The van der Waals surface area contributed by atoms with Gasteiger partial charge < -0.3 is 9.72 Å². The molecule has 1 atom stereocenters. The summed E-state index contributed by atoms with van der Waals surface area (Å²) in [4.78, 5) is 16.1. The highest BCUT2D eigenvalue weighted by Crippen LogP contribution is 2.28. The Morgan fingerprint density at radius 2 is 1.62 bits per heavy atom. The SMILES string of the molecule is CCCCC(Oc1ccc(C(=O)c2c[nH]cc2C(C)C)cc1)c1ccc(CC(C)C)cc1. The zero-order chi connectivity index (χ0) is 23.1. The lowest BCUT2D eigenvalue weighted by atomic mass is 9.96. The van der Waals surface area contributed by atoms with E-state index in [0.717, 1.165) is 42.6 Å². The number of nitrogens with one attached hydrogen (secondary N) is 1. The van der Waals surface area contributed by atoms with E-state index in [1.807, 2.05) is 30.5 Å². The van der Waals surface area contributed by atoms with E-state index in [2.05, 4.69) is 63.9 Å². The quantitative estimate of drug-likeness (QED) is 0.314. The van der Waals surface area contributed by atoms with Crippen molar-refractivity contribution in [1.29, 1.82) is 0 Å². The third kappa shape index (κ3) is 6.12. The van der Waals surface area contributed by atoms with Crippen LogP contribution >= 0.6 is 0 Å². The summed E-state index contributed by atoms with van der Waals surface area (Å²) in [7, 11) is 0. The molecule has 1 aromatic heterocycles. The van der Waals surface area contributed by atoms with Gasteiger partial charge in [-0.25, -0.2) is 0 Å². The van der Waals surface area contributed by atoms with Crippen molar-refractivity contribution in [2.75, 3.05) is 0 Å². The second-order valence-corrected chi connectivity index (χ2v) is 9.42. The highest BCUT2D eigenvalue weighted by Gasteiger charge is 2.18. The molecule has 0 aliphatic rings. The van der Waals surface area contributed by atoms with Gasteiger partial charge >= 0.3 is 0 Å². The number of aromatic amines is 1. The fourth-order valence-corrected chi connectivity index (χ4v) is 4.08. The monoisotopic (exact) mass is 431 g/mol. The van der Waals surface area contributed by atoms with Crippen molar-refractivity contribution in [1.82, 2.24) is 4.98 Å². The van der Waals surface area contributed by atoms with Gasteiger partial charge in [0.05, 0.1) is 0 Å². The minimum atomic E-state index is 0.0156. The van der Waals surface area contributed by atoms with Gasteiger partial charge in [-0.1, -0.05) is 65.3 Å². The highest BCUT2D eigenvalue weighted by molar-refractivity contribution is 6.10. The van der Waals surface area contributed by atoms with Crippen LogP contribution in [-0.4, -0.2) is 10.8 Å². The van der Waals surface area contributed by atoms with Gasteiger partial charge in [0.25, 0.3) is 0 Å². The number of hydrogen-bond acceptors (Lipinski definition) is 2. The molecule has 170 valence electrons. The van der Waals surface area contributed by atoms with Gasteiger partial charge in [-0.05, 0) is 72.1 Å². The molecule has 3 nitrogen and oxygen atoms in total. The number of ketones is 1. The van der Waals surface area contributed by atoms with Crippen molar-refractivity contribution >= 4 is 5.78 Å². The van der Waals surface area contributed by atoms with Crippen LogP contribution in [0.15, 0.2) is 60.9 Å². The topological polar surface area (TPSA) is 42.1 Å². The van der Waals surface area contributed by atoms with Crippen LogP contribution in [-0.2, 0) is 6.42 Å². The van der Waals surface area contributed by atoms with Crippen molar-refractivity contribution in [3.8, 4) is 5.75 Å². The van der Waals surface area contributed by atoms with Gasteiger partial charge in [0.15, 0.2) is 5.78 Å². The predicted molar refractivity (Wildman–Crippen MR) is 133 cm³/mol. The summed E-state index contributed by atoms with van der Waals surface area (Å²) < 4.78 is 6.39. The molecule has 0 radical (unpaired) electrons. The number of carbonyl (C=O) groups excluding carboxylic acids is 1. The number of aromatic nitrogens is 1. The molecule has 0 fully saturated rings. The second-order valence-electron chi connectivity index (χ2n) is 9.42. The third-order valence-corrected chi connectivity index (χ3v) is 5.85. The molecule has 0 amide bonds. The van der Waals surface area contributed by atoms with Gasteiger partial charge in [0.1, 0.15) is 11.9 Å². The molecule has 3 heteroatoms. The van der Waals surface area contributed by atoms with Crippen LogP contribution in [0.25, 0.3) is 0 Å². The van der Waals surface area contributed by atoms with Crippen LogP contribution < -0.4 is 4.74 Å². The fourth-order valence-electron chi connectivity index (χ4n) is 4.08. The smallest absolute Gasteiger partial charge is 0.194 e. The summed E-state index contributed by atoms with van der Waals surface area (Å²) >= 11 is 0. The van der Waals surface area contributed by atoms with Gasteiger partial charge in [-0.15, -0.1) is 0 Å². The lowest BCUT2D eigenvalue weighted by Gasteiger charge is -2.20. The van der Waals surface area contributed by atoms with Crippen molar-refractivity contribution < 1.29 is 9.53 Å². The number of benzene rings is 2. The van der Waals surface area contributed by atoms with Crippen molar-refractivity contribution in [2.45, 2.75) is 72.3 Å². The molecule has 0 saturated carbocycles. The summed E-state index contributed by atoms with van der Waals surface area (Å²) in [5, 5.41) is 0. The molecule has 1 unspecified atom stereocenters. The lowest BCUT2D eigenvalue weighted by Crippen LogP contribution is -2.09. The van der Waals surface area contributed by atoms with E-state index in [4.69, 9.17) is 4.74 Å². The Kier molecular flexibility index (Phi) is 8.33. The van der Waals surface area contributed by atoms with Crippen LogP contribution in [0.3, 0.4) is 0 Å². The standard InChI is InChI=1S/C29H37NO2/c1-6-7-8-28(23-11-9-22(10-12-23)17-20(2)3)32-25-15-13-24(14-16-25)29(31)27-19-30-18-26(27)21(4)5/h9-16,18-21,28,30H,6-8,17H2,1-5H3. The summed E-state index contributed by atoms with van der Waals surface area (Å²) in [5.74, 6) is 1.79. The summed E-state index contributed by atoms with van der Waals surface area (Å²) in [6, 6.07) is 16.4. The molecular weight excluding hydrogens is 394 g/mol. The number of H-pyrrole nitrogens is 1. The molecule has 0 aliphatic heterocycles. The Labute approximate surface area is 193 Å². The first kappa shape index (κ1) is 23.8. The molecule has 2 aromatic carbocycles. The molecule has 32 heavy (non-hydrogen) atoms. The molecule has 1 N–H and O–H groups in total. The highest BCUT2D eigenvalue weighted by atomic mass is 16.5. The first-order valence-corrected chi connectivity index (χ1v) is 12.0. The van der Waals surface area contributed by atoms with Crippen LogP contribution in [0.5, 0.6) is 5.75 Å². The Balaban J connectivity index is 1.74. The molecule has 0 spiro atoms. The Morgan fingerprint density at radius 1 is 0.938 bits per heavy atom. The average molecular weight is 432 g/mol. The molecule has 3 rings (SSSR count). The van der Waals surface area contributed by atoms with E-state index in [1.165, 1.54) is 11.1 Å². The maximum absolute atomic E-state index is 13.0. The van der Waals surface area contributed by atoms with Crippen molar-refractivity contribution in [3.05, 3.63) is 88.7 Å². The molecule has 0 aliphatic carbocycles. The summed E-state index contributed by atoms with van der Waals surface area (Å²) in [6.45, 7) is 10.9. The van der Waals surface area contributed by atoms with E-state index < -0.39 is 0 Å². The minimum absolute atomic E-state index is 0.0156. The number of ether oxygens (including phenoxy) is 1. The number of carbonyl (C=O) groups is 1. The van der Waals surface area contributed by atoms with E-state index in [-0.39, 0.29) is 11.9 Å². The molecule has 1 heterocycles. The van der Waals surface area contributed by atoms with Crippen molar-refractivity contribution in [2.24, 2.45) is 5.92 Å². The molecule has 0 bridgehead atoms. The van der Waals surface area contributed by atoms with Gasteiger partial charge in [-0.3, -0.25) is 4.79 Å². The third-order valence-electron chi connectivity index (χ3n) is 5.85. The summed E-state index contributed by atoms with van der Waals surface area (Å²) in [6.07, 6.45) is 8.04. The molecular formula is C29H37NO2. The maximum atomic E-state index is 13.0. The lowest BCUT2D eigenvalue weighted by molar-refractivity contribution is 0.103. The van der Waals surface area contributed by atoms with Crippen LogP contribution in [0.4, 0.5) is 0 Å². The molecule has 3 aromatic rings. The summed E-state index contributed by atoms with van der Waals surface area (Å²) in [5.41, 5.74) is 5.06. The number of hydrogen-bond donors (Lipinski definition) is 1. The maximum Gasteiger partial charge on any atom is 0.194 e. The first-order chi connectivity index (χ1) is 15.4. The van der Waals surface area contributed by atoms with E-state index in [9.17, 15) is 4.79 Å². The zero-order valence-corrected chi connectivity index (χ0v) is 20.2. The minimum Gasteiger partial charge on any atom is -0.486 e. The second kappa shape index (κ2) is 11.2. The fraction of sp³-hybridized carbons (Fsp3) is 0.414. The number of rotatable bonds is 11. The normalized spacial score (nSPS) is 12.3. The van der Waals surface area contributed by atoms with Gasteiger partial charge in [0.2, 0.25) is 0 Å².